The van der Waals surface area contributed by atoms with Gasteiger partial charge in [-0.15, -0.1) is 0 Å². The summed E-state index contributed by atoms with van der Waals surface area (Å²) < 4.78 is 6.47. The predicted octanol–water partition coefficient (Wildman–Crippen LogP) is 5.92. The van der Waals surface area contributed by atoms with Crippen LogP contribution in [0.3, 0.4) is 0 Å². The summed E-state index contributed by atoms with van der Waals surface area (Å²) in [5, 5.41) is 4.19. The van der Waals surface area contributed by atoms with Gasteiger partial charge >= 0.3 is 0 Å². The number of rotatable bonds is 4. The second-order valence-electron chi connectivity index (χ2n) is 6.86. The molecule has 0 saturated heterocycles. The molecule has 3 rings (SSSR count). The smallest absolute Gasteiger partial charge is 0.264 e. The maximum absolute atomic E-state index is 12.1. The molecule has 2 aromatic carbocycles. The Bertz CT molecular complexity index is 964. The van der Waals surface area contributed by atoms with Crippen molar-refractivity contribution in [2.45, 2.75) is 26.2 Å². The monoisotopic (exact) mass is 408 g/mol. The van der Waals surface area contributed by atoms with Crippen molar-refractivity contribution in [1.29, 1.82) is 0 Å². The molecule has 0 aliphatic heterocycles. The van der Waals surface area contributed by atoms with E-state index in [4.69, 9.17) is 27.9 Å². The molecule has 26 heavy (non-hydrogen) atoms. The normalized spacial score (nSPS) is 11.6. The number of benzene rings is 2. The Morgan fingerprint density at radius 1 is 1.19 bits per heavy atom. The summed E-state index contributed by atoms with van der Waals surface area (Å²) in [5.74, 6) is 0.0598. The number of carbonyl (C=O) groups is 1. The molecule has 0 fully saturated rings. The molecule has 136 valence electrons. The third-order valence-corrected chi connectivity index (χ3v) is 5.23. The van der Waals surface area contributed by atoms with Gasteiger partial charge in [-0.3, -0.25) is 10.1 Å². The third-order valence-electron chi connectivity index (χ3n) is 3.75. The van der Waals surface area contributed by atoms with Crippen LogP contribution in [0.4, 0.5) is 5.13 Å². The minimum atomic E-state index is -0.309. The van der Waals surface area contributed by atoms with Crippen LogP contribution in [0.15, 0.2) is 36.4 Å². The van der Waals surface area contributed by atoms with Crippen molar-refractivity contribution >= 4 is 55.8 Å². The van der Waals surface area contributed by atoms with Crippen molar-refractivity contribution in [3.8, 4) is 5.75 Å². The molecular formula is C19H18Cl2N2O2S. The van der Waals surface area contributed by atoms with Crippen LogP contribution in [0.2, 0.25) is 10.0 Å². The van der Waals surface area contributed by atoms with Crippen molar-refractivity contribution in [2.24, 2.45) is 0 Å². The lowest BCUT2D eigenvalue weighted by molar-refractivity contribution is -0.118. The van der Waals surface area contributed by atoms with Crippen molar-refractivity contribution < 1.29 is 9.53 Å². The van der Waals surface area contributed by atoms with Gasteiger partial charge in [-0.25, -0.2) is 4.98 Å². The van der Waals surface area contributed by atoms with E-state index in [0.29, 0.717) is 20.9 Å². The van der Waals surface area contributed by atoms with Crippen LogP contribution in [0.5, 0.6) is 5.75 Å². The number of halogens is 2. The molecular weight excluding hydrogens is 391 g/mol. The summed E-state index contributed by atoms with van der Waals surface area (Å²) in [5.41, 5.74) is 2.15. The van der Waals surface area contributed by atoms with Crippen LogP contribution >= 0.6 is 34.5 Å². The fourth-order valence-electron chi connectivity index (χ4n) is 2.33. The molecule has 3 aromatic rings. The number of hydrogen-bond donors (Lipinski definition) is 1. The first-order valence-electron chi connectivity index (χ1n) is 8.01. The first-order chi connectivity index (χ1) is 12.2. The van der Waals surface area contributed by atoms with Crippen LogP contribution in [-0.2, 0) is 10.2 Å². The molecule has 7 heteroatoms. The van der Waals surface area contributed by atoms with Crippen LogP contribution in [0, 0.1) is 0 Å². The van der Waals surface area contributed by atoms with E-state index in [9.17, 15) is 4.79 Å². The Labute approximate surface area is 166 Å². The minimum absolute atomic E-state index is 0.0612. The van der Waals surface area contributed by atoms with Gasteiger partial charge in [0.2, 0.25) is 0 Å². The van der Waals surface area contributed by atoms with E-state index in [0.717, 1.165) is 10.2 Å². The molecule has 0 aliphatic rings. The van der Waals surface area contributed by atoms with Crippen LogP contribution in [0.25, 0.3) is 10.2 Å². The molecule has 1 amide bonds. The van der Waals surface area contributed by atoms with Gasteiger partial charge in [-0.2, -0.15) is 0 Å². The number of thiazole rings is 1. The van der Waals surface area contributed by atoms with Gasteiger partial charge in [-0.1, -0.05) is 61.4 Å². The van der Waals surface area contributed by atoms with Gasteiger partial charge in [-0.05, 0) is 35.2 Å². The average Bonchev–Trinajstić information content (AvgIpc) is 2.96. The molecule has 1 aromatic heterocycles. The lowest BCUT2D eigenvalue weighted by atomic mass is 9.87. The fraction of sp³-hybridized carbons (Fsp3) is 0.263. The van der Waals surface area contributed by atoms with E-state index < -0.39 is 0 Å². The number of nitrogens with zero attached hydrogens (tertiary/aromatic N) is 1. The lowest BCUT2D eigenvalue weighted by Gasteiger charge is -2.18. The molecule has 1 heterocycles. The largest absolute Gasteiger partial charge is 0.482 e. The number of ether oxygens (including phenoxy) is 1. The van der Waals surface area contributed by atoms with Gasteiger partial charge in [0.1, 0.15) is 5.75 Å². The van der Waals surface area contributed by atoms with E-state index in [-0.39, 0.29) is 17.9 Å². The van der Waals surface area contributed by atoms with E-state index in [1.165, 1.54) is 16.9 Å². The Morgan fingerprint density at radius 3 is 2.69 bits per heavy atom. The van der Waals surface area contributed by atoms with Gasteiger partial charge in [0.25, 0.3) is 5.91 Å². The van der Waals surface area contributed by atoms with Crippen LogP contribution in [-0.4, -0.2) is 17.5 Å². The summed E-state index contributed by atoms with van der Waals surface area (Å²) in [6, 6.07) is 11.0. The highest BCUT2D eigenvalue weighted by molar-refractivity contribution is 7.22. The zero-order valence-corrected chi connectivity index (χ0v) is 16.9. The number of amides is 1. The van der Waals surface area contributed by atoms with Gasteiger partial charge < -0.3 is 4.74 Å². The summed E-state index contributed by atoms with van der Waals surface area (Å²) in [4.78, 5) is 16.6. The highest BCUT2D eigenvalue weighted by atomic mass is 35.5. The Balaban J connectivity index is 1.68. The lowest BCUT2D eigenvalue weighted by Crippen LogP contribution is -2.20. The molecule has 0 atom stereocenters. The van der Waals surface area contributed by atoms with E-state index in [1.807, 2.05) is 6.07 Å². The topological polar surface area (TPSA) is 51.2 Å². The number of anilines is 1. The number of aromatic nitrogens is 1. The van der Waals surface area contributed by atoms with Crippen LogP contribution in [0.1, 0.15) is 26.3 Å². The van der Waals surface area contributed by atoms with Crippen molar-refractivity contribution in [3.63, 3.8) is 0 Å². The number of carbonyl (C=O) groups excluding carboxylic acids is 1. The standard InChI is InChI=1S/C19H18Cl2N2O2S/c1-19(2,3)11-4-7-14-16(8-11)26-18(22-14)23-17(24)10-25-15-9-12(20)5-6-13(15)21/h4-9H,10H2,1-3H3,(H,22,23,24). The number of nitrogens with one attached hydrogen (secondary N) is 1. The van der Waals surface area contributed by atoms with E-state index >= 15 is 0 Å². The molecule has 0 unspecified atom stereocenters. The third kappa shape index (κ3) is 4.47. The first kappa shape index (κ1) is 19.0. The van der Waals surface area contributed by atoms with Crippen molar-refractivity contribution in [1.82, 2.24) is 4.98 Å². The zero-order chi connectivity index (χ0) is 18.9. The SMILES string of the molecule is CC(C)(C)c1ccc2nc(NC(=O)COc3cc(Cl)ccc3Cl)sc2c1. The maximum Gasteiger partial charge on any atom is 0.264 e. The molecule has 1 N–H and O–H groups in total. The zero-order valence-electron chi connectivity index (χ0n) is 14.6. The Morgan fingerprint density at radius 2 is 1.96 bits per heavy atom. The molecule has 0 aliphatic carbocycles. The van der Waals surface area contributed by atoms with Crippen molar-refractivity contribution in [3.05, 3.63) is 52.0 Å². The molecule has 0 spiro atoms. The molecule has 4 nitrogen and oxygen atoms in total. The minimum Gasteiger partial charge on any atom is -0.482 e. The summed E-state index contributed by atoms with van der Waals surface area (Å²) >= 11 is 13.4. The quantitative estimate of drug-likeness (QED) is 0.582. The molecule has 0 bridgehead atoms. The second-order valence-corrected chi connectivity index (χ2v) is 8.74. The Hall–Kier alpha value is -1.82. The first-order valence-corrected chi connectivity index (χ1v) is 9.58. The number of hydrogen-bond acceptors (Lipinski definition) is 4. The maximum atomic E-state index is 12.1. The van der Waals surface area contributed by atoms with Crippen LogP contribution < -0.4 is 10.1 Å². The van der Waals surface area contributed by atoms with E-state index in [2.05, 4.69) is 43.2 Å². The van der Waals surface area contributed by atoms with Gasteiger partial charge in [0, 0.05) is 11.1 Å². The fourth-order valence-corrected chi connectivity index (χ4v) is 3.59. The average molecular weight is 409 g/mol. The predicted molar refractivity (Wildman–Crippen MR) is 109 cm³/mol. The summed E-state index contributed by atoms with van der Waals surface area (Å²) in [7, 11) is 0. The summed E-state index contributed by atoms with van der Waals surface area (Å²) in [6.07, 6.45) is 0. The van der Waals surface area contributed by atoms with Crippen molar-refractivity contribution in [2.75, 3.05) is 11.9 Å². The van der Waals surface area contributed by atoms with Gasteiger partial charge in [0.05, 0.1) is 15.2 Å². The number of fused-ring (bicyclic) bond motifs is 1. The summed E-state index contributed by atoms with van der Waals surface area (Å²) in [6.45, 7) is 6.31. The second kappa shape index (κ2) is 7.43. The van der Waals surface area contributed by atoms with Gasteiger partial charge in [0.15, 0.2) is 11.7 Å². The Kier molecular flexibility index (Phi) is 5.42. The molecule has 0 saturated carbocycles. The van der Waals surface area contributed by atoms with E-state index in [1.54, 1.807) is 18.2 Å². The highest BCUT2D eigenvalue weighted by Gasteiger charge is 2.16. The highest BCUT2D eigenvalue weighted by Crippen LogP contribution is 2.31. The molecule has 0 radical (unpaired) electrons.